The van der Waals surface area contributed by atoms with Crippen molar-refractivity contribution < 1.29 is 5.11 Å². The van der Waals surface area contributed by atoms with Gasteiger partial charge in [0.15, 0.2) is 0 Å². The fourth-order valence-corrected chi connectivity index (χ4v) is 0.157. The highest BCUT2D eigenvalue weighted by Gasteiger charge is 1.55. The number of allylic oxidation sites excluding steroid dienone is 2. The predicted molar refractivity (Wildman–Crippen MR) is 26.4 cm³/mol. The van der Waals surface area contributed by atoms with E-state index in [2.05, 4.69) is 6.58 Å². The second kappa shape index (κ2) is 4.44. The molecule has 0 unspecified atom stereocenters. The van der Waals surface area contributed by atoms with Gasteiger partial charge in [0.2, 0.25) is 0 Å². The minimum Gasteiger partial charge on any atom is -0.392 e. The largest absolute Gasteiger partial charge is 0.392 e. The lowest BCUT2D eigenvalue weighted by atomic mass is 10.5. The molecule has 1 heteroatoms. The lowest BCUT2D eigenvalue weighted by Crippen LogP contribution is -1.66. The van der Waals surface area contributed by atoms with Gasteiger partial charge in [0, 0.05) is 0 Å². The quantitative estimate of drug-likeness (QED) is 0.489. The van der Waals surface area contributed by atoms with Gasteiger partial charge in [0.05, 0.1) is 6.61 Å². The topological polar surface area (TPSA) is 20.2 Å². The van der Waals surface area contributed by atoms with Crippen LogP contribution in [0.15, 0.2) is 24.8 Å². The second-order valence-corrected chi connectivity index (χ2v) is 0.846. The SMILES string of the molecule is C=C/C=C\CO. The molecule has 1 N–H and O–H groups in total. The van der Waals surface area contributed by atoms with Crippen molar-refractivity contribution in [2.75, 3.05) is 6.61 Å². The Morgan fingerprint density at radius 3 is 2.50 bits per heavy atom. The molecule has 34 valence electrons. The molecule has 0 atom stereocenters. The van der Waals surface area contributed by atoms with Crippen molar-refractivity contribution in [3.63, 3.8) is 0 Å². The van der Waals surface area contributed by atoms with E-state index in [0.717, 1.165) is 0 Å². The van der Waals surface area contributed by atoms with Crippen LogP contribution in [0.1, 0.15) is 0 Å². The van der Waals surface area contributed by atoms with Crippen molar-refractivity contribution in [2.24, 2.45) is 0 Å². The number of hydrogen-bond acceptors (Lipinski definition) is 1. The summed E-state index contributed by atoms with van der Waals surface area (Å²) in [4.78, 5) is 0. The van der Waals surface area contributed by atoms with Crippen LogP contribution in [-0.4, -0.2) is 11.7 Å². The summed E-state index contributed by atoms with van der Waals surface area (Å²) in [5, 5.41) is 8.06. The number of aliphatic hydroxyl groups is 1. The van der Waals surface area contributed by atoms with Crippen molar-refractivity contribution in [3.8, 4) is 0 Å². The summed E-state index contributed by atoms with van der Waals surface area (Å²) in [6.45, 7) is 3.50. The van der Waals surface area contributed by atoms with Gasteiger partial charge in [-0.3, -0.25) is 0 Å². The first-order valence-corrected chi connectivity index (χ1v) is 1.80. The Hall–Kier alpha value is -0.560. The van der Waals surface area contributed by atoms with E-state index < -0.39 is 0 Å². The van der Waals surface area contributed by atoms with Crippen LogP contribution in [0.2, 0.25) is 0 Å². The molecule has 0 aromatic rings. The highest BCUT2D eigenvalue weighted by atomic mass is 16.2. The summed E-state index contributed by atoms with van der Waals surface area (Å²) in [7, 11) is 0. The average molecular weight is 84.1 g/mol. The maximum Gasteiger partial charge on any atom is 0.0615 e. The van der Waals surface area contributed by atoms with E-state index in [1.54, 1.807) is 18.2 Å². The Labute approximate surface area is 37.6 Å². The third-order valence-electron chi connectivity index (χ3n) is 0.378. The molecule has 0 aliphatic rings. The Morgan fingerprint density at radius 1 is 1.67 bits per heavy atom. The van der Waals surface area contributed by atoms with E-state index in [1.807, 2.05) is 0 Å². The van der Waals surface area contributed by atoms with Gasteiger partial charge >= 0.3 is 0 Å². The molecular weight excluding hydrogens is 76.1 g/mol. The molecule has 1 nitrogen and oxygen atoms in total. The summed E-state index contributed by atoms with van der Waals surface area (Å²) in [6.07, 6.45) is 4.93. The molecule has 0 amide bonds. The van der Waals surface area contributed by atoms with Crippen LogP contribution in [0.4, 0.5) is 0 Å². The Bertz CT molecular complexity index is 55.0. The van der Waals surface area contributed by atoms with Gasteiger partial charge < -0.3 is 5.11 Å². The number of rotatable bonds is 2. The van der Waals surface area contributed by atoms with E-state index in [0.29, 0.717) is 0 Å². The third kappa shape index (κ3) is 3.44. The van der Waals surface area contributed by atoms with E-state index in [4.69, 9.17) is 5.11 Å². The minimum absolute atomic E-state index is 0.103. The zero-order valence-electron chi connectivity index (χ0n) is 3.59. The smallest absolute Gasteiger partial charge is 0.0615 e. The van der Waals surface area contributed by atoms with Crippen molar-refractivity contribution >= 4 is 0 Å². The fraction of sp³-hybridized carbons (Fsp3) is 0.200. The van der Waals surface area contributed by atoms with Gasteiger partial charge in [-0.25, -0.2) is 0 Å². The minimum atomic E-state index is 0.103. The van der Waals surface area contributed by atoms with Crippen LogP contribution in [0.5, 0.6) is 0 Å². The third-order valence-corrected chi connectivity index (χ3v) is 0.378. The molecule has 6 heavy (non-hydrogen) atoms. The van der Waals surface area contributed by atoms with Gasteiger partial charge in [0.25, 0.3) is 0 Å². The monoisotopic (exact) mass is 84.1 g/mol. The van der Waals surface area contributed by atoms with E-state index >= 15 is 0 Å². The highest BCUT2D eigenvalue weighted by Crippen LogP contribution is 1.66. The predicted octanol–water partition coefficient (Wildman–Crippen LogP) is 0.721. The summed E-state index contributed by atoms with van der Waals surface area (Å²) < 4.78 is 0. The molecule has 0 saturated heterocycles. The molecule has 0 aromatic carbocycles. The van der Waals surface area contributed by atoms with Crippen LogP contribution in [0, 0.1) is 0 Å². The lowest BCUT2D eigenvalue weighted by Gasteiger charge is -1.68. The molecular formula is C5H8O. The van der Waals surface area contributed by atoms with Crippen molar-refractivity contribution in [2.45, 2.75) is 0 Å². The van der Waals surface area contributed by atoms with Crippen molar-refractivity contribution in [3.05, 3.63) is 24.8 Å². The van der Waals surface area contributed by atoms with Gasteiger partial charge in [-0.1, -0.05) is 24.8 Å². The summed E-state index contributed by atoms with van der Waals surface area (Å²) in [5.41, 5.74) is 0. The van der Waals surface area contributed by atoms with Gasteiger partial charge in [-0.2, -0.15) is 0 Å². The standard InChI is InChI=1S/C5H8O/c1-2-3-4-5-6/h2-4,6H,1,5H2/b4-3-. The van der Waals surface area contributed by atoms with Crippen LogP contribution in [-0.2, 0) is 0 Å². The molecule has 0 bridgehead atoms. The van der Waals surface area contributed by atoms with Crippen LogP contribution < -0.4 is 0 Å². The molecule has 0 saturated carbocycles. The molecule has 0 heterocycles. The van der Waals surface area contributed by atoms with Crippen molar-refractivity contribution in [1.29, 1.82) is 0 Å². The molecule has 0 aromatic heterocycles. The number of aliphatic hydroxyl groups excluding tert-OH is 1. The summed E-state index contributed by atoms with van der Waals surface area (Å²) in [6, 6.07) is 0. The Kier molecular flexibility index (Phi) is 4.03. The zero-order chi connectivity index (χ0) is 4.83. The van der Waals surface area contributed by atoms with Gasteiger partial charge in [0.1, 0.15) is 0 Å². The van der Waals surface area contributed by atoms with Gasteiger partial charge in [-0.05, 0) is 0 Å². The van der Waals surface area contributed by atoms with Crippen molar-refractivity contribution in [1.82, 2.24) is 0 Å². The maximum absolute atomic E-state index is 8.06. The Balaban J connectivity index is 2.94. The first-order chi connectivity index (χ1) is 2.91. The molecule has 0 aliphatic heterocycles. The van der Waals surface area contributed by atoms with E-state index in [1.165, 1.54) is 0 Å². The average Bonchev–Trinajstić information content (AvgIpc) is 1.61. The first-order valence-electron chi connectivity index (χ1n) is 1.80. The summed E-state index contributed by atoms with van der Waals surface area (Å²) >= 11 is 0. The molecule has 0 rings (SSSR count). The summed E-state index contributed by atoms with van der Waals surface area (Å²) in [5.74, 6) is 0. The van der Waals surface area contributed by atoms with Gasteiger partial charge in [-0.15, -0.1) is 0 Å². The molecule has 0 radical (unpaired) electrons. The molecule has 0 fully saturated rings. The first kappa shape index (κ1) is 5.44. The van der Waals surface area contributed by atoms with Crippen LogP contribution in [0.25, 0.3) is 0 Å². The van der Waals surface area contributed by atoms with E-state index in [9.17, 15) is 0 Å². The molecule has 0 aliphatic carbocycles. The second-order valence-electron chi connectivity index (χ2n) is 0.846. The number of hydrogen-bond donors (Lipinski definition) is 1. The molecule has 0 spiro atoms. The highest BCUT2D eigenvalue weighted by molar-refractivity contribution is 4.96. The Morgan fingerprint density at radius 2 is 2.33 bits per heavy atom. The van der Waals surface area contributed by atoms with Crippen LogP contribution in [0.3, 0.4) is 0 Å². The van der Waals surface area contributed by atoms with E-state index in [-0.39, 0.29) is 6.61 Å². The normalized spacial score (nSPS) is 9.50. The fourth-order valence-electron chi connectivity index (χ4n) is 0.157. The zero-order valence-corrected chi connectivity index (χ0v) is 3.59. The maximum atomic E-state index is 8.06. The lowest BCUT2D eigenvalue weighted by molar-refractivity contribution is 0.343. The van der Waals surface area contributed by atoms with Crippen LogP contribution >= 0.6 is 0 Å².